The molecule has 2 rings (SSSR count). The van der Waals surface area contributed by atoms with Crippen LogP contribution in [0.4, 0.5) is 0 Å². The predicted octanol–water partition coefficient (Wildman–Crippen LogP) is 0.655. The monoisotopic (exact) mass is 264 g/mol. The van der Waals surface area contributed by atoms with Gasteiger partial charge >= 0.3 is 0 Å². The molecule has 1 aromatic rings. The van der Waals surface area contributed by atoms with Crippen LogP contribution in [0.15, 0.2) is 12.1 Å². The summed E-state index contributed by atoms with van der Waals surface area (Å²) in [6.45, 7) is 1.47. The highest BCUT2D eigenvalue weighted by Gasteiger charge is 2.23. The topological polar surface area (TPSA) is 66.6 Å². The highest BCUT2D eigenvalue weighted by atomic mass is 32.1. The van der Waals surface area contributed by atoms with Gasteiger partial charge in [-0.2, -0.15) is 0 Å². The predicted molar refractivity (Wildman–Crippen MR) is 71.4 cm³/mol. The van der Waals surface area contributed by atoms with Crippen LogP contribution < -0.4 is 5.73 Å². The van der Waals surface area contributed by atoms with E-state index < -0.39 is 0 Å². The fourth-order valence-electron chi connectivity index (χ4n) is 1.95. The standard InChI is InChI=1S/C13H16N2O2S/c14-7-1-4-11-5-6-12(18-11)13(17)15-8-2-3-10(16)9-15/h5-6,10,16H,2-3,7-9,14H2. The van der Waals surface area contributed by atoms with Gasteiger partial charge in [0.15, 0.2) is 0 Å². The second kappa shape index (κ2) is 6.01. The second-order valence-corrected chi connectivity index (χ2v) is 5.30. The van der Waals surface area contributed by atoms with Gasteiger partial charge in [-0.25, -0.2) is 0 Å². The van der Waals surface area contributed by atoms with Crippen molar-refractivity contribution in [1.29, 1.82) is 0 Å². The highest BCUT2D eigenvalue weighted by Crippen LogP contribution is 2.20. The Morgan fingerprint density at radius 1 is 1.61 bits per heavy atom. The number of aliphatic hydroxyl groups excluding tert-OH is 1. The third kappa shape index (κ3) is 3.10. The fraction of sp³-hybridized carbons (Fsp3) is 0.462. The van der Waals surface area contributed by atoms with E-state index in [1.54, 1.807) is 11.0 Å². The molecular weight excluding hydrogens is 248 g/mol. The number of hydrogen-bond donors (Lipinski definition) is 2. The molecule has 1 saturated heterocycles. The van der Waals surface area contributed by atoms with Crippen molar-refractivity contribution in [3.8, 4) is 11.8 Å². The van der Waals surface area contributed by atoms with Crippen LogP contribution in [-0.4, -0.2) is 41.7 Å². The number of thiophene rings is 1. The Labute approximate surface area is 110 Å². The Hall–Kier alpha value is -1.35. The Balaban J connectivity index is 2.06. The van der Waals surface area contributed by atoms with Crippen LogP contribution in [0.3, 0.4) is 0 Å². The van der Waals surface area contributed by atoms with Gasteiger partial charge in [0.25, 0.3) is 5.91 Å². The number of piperidine rings is 1. The lowest BCUT2D eigenvalue weighted by molar-refractivity contribution is 0.0478. The van der Waals surface area contributed by atoms with Crippen molar-refractivity contribution in [2.75, 3.05) is 19.6 Å². The van der Waals surface area contributed by atoms with Crippen LogP contribution in [0.2, 0.25) is 0 Å². The number of aliphatic hydroxyl groups is 1. The molecule has 96 valence electrons. The molecule has 18 heavy (non-hydrogen) atoms. The maximum Gasteiger partial charge on any atom is 0.264 e. The van der Waals surface area contributed by atoms with Crippen LogP contribution in [-0.2, 0) is 0 Å². The van der Waals surface area contributed by atoms with Crippen molar-refractivity contribution in [1.82, 2.24) is 4.90 Å². The van der Waals surface area contributed by atoms with Crippen LogP contribution in [0.25, 0.3) is 0 Å². The number of amides is 1. The van der Waals surface area contributed by atoms with Crippen molar-refractivity contribution < 1.29 is 9.90 Å². The number of carbonyl (C=O) groups is 1. The first-order chi connectivity index (χ1) is 8.70. The molecule has 1 unspecified atom stereocenters. The maximum absolute atomic E-state index is 12.2. The smallest absolute Gasteiger partial charge is 0.264 e. The van der Waals surface area contributed by atoms with Crippen LogP contribution in [0.1, 0.15) is 27.4 Å². The summed E-state index contributed by atoms with van der Waals surface area (Å²) >= 11 is 1.37. The molecule has 2 heterocycles. The highest BCUT2D eigenvalue weighted by molar-refractivity contribution is 7.14. The Morgan fingerprint density at radius 3 is 3.17 bits per heavy atom. The van der Waals surface area contributed by atoms with Gasteiger partial charge in [0.2, 0.25) is 0 Å². The zero-order valence-electron chi connectivity index (χ0n) is 10.1. The summed E-state index contributed by atoms with van der Waals surface area (Å²) < 4.78 is 0. The molecule has 1 aliphatic rings. The first-order valence-electron chi connectivity index (χ1n) is 5.97. The number of hydrogen-bond acceptors (Lipinski definition) is 4. The first-order valence-corrected chi connectivity index (χ1v) is 6.78. The number of nitrogens with zero attached hydrogens (tertiary/aromatic N) is 1. The van der Waals surface area contributed by atoms with E-state index >= 15 is 0 Å². The molecule has 0 bridgehead atoms. The molecule has 1 aliphatic heterocycles. The summed E-state index contributed by atoms with van der Waals surface area (Å²) in [5, 5.41) is 9.57. The molecule has 1 atom stereocenters. The third-order valence-electron chi connectivity index (χ3n) is 2.81. The van der Waals surface area contributed by atoms with E-state index in [4.69, 9.17) is 5.73 Å². The van der Waals surface area contributed by atoms with Crippen LogP contribution in [0.5, 0.6) is 0 Å². The van der Waals surface area contributed by atoms with E-state index in [1.807, 2.05) is 6.07 Å². The van der Waals surface area contributed by atoms with E-state index in [9.17, 15) is 9.90 Å². The minimum atomic E-state index is -0.390. The molecule has 1 fully saturated rings. The van der Waals surface area contributed by atoms with Gasteiger partial charge in [-0.3, -0.25) is 4.79 Å². The van der Waals surface area contributed by atoms with Crippen LogP contribution >= 0.6 is 11.3 Å². The fourth-order valence-corrected chi connectivity index (χ4v) is 2.80. The molecule has 0 spiro atoms. The number of rotatable bonds is 1. The number of nitrogens with two attached hydrogens (primary N) is 1. The van der Waals surface area contributed by atoms with E-state index in [-0.39, 0.29) is 12.0 Å². The van der Waals surface area contributed by atoms with E-state index in [1.165, 1.54) is 11.3 Å². The van der Waals surface area contributed by atoms with E-state index in [2.05, 4.69) is 11.8 Å². The lowest BCUT2D eigenvalue weighted by Gasteiger charge is -2.29. The summed E-state index contributed by atoms with van der Waals surface area (Å²) in [5.74, 6) is 5.67. The van der Waals surface area contributed by atoms with Crippen molar-refractivity contribution in [3.05, 3.63) is 21.9 Å². The molecule has 0 aliphatic carbocycles. The Kier molecular flexibility index (Phi) is 4.37. The zero-order valence-corrected chi connectivity index (χ0v) is 10.9. The van der Waals surface area contributed by atoms with Crippen molar-refractivity contribution in [3.63, 3.8) is 0 Å². The quantitative estimate of drug-likeness (QED) is 0.732. The third-order valence-corrected chi connectivity index (χ3v) is 3.80. The lowest BCUT2D eigenvalue weighted by Crippen LogP contribution is -2.41. The number of β-amino-alcohol motifs (C(OH)–C–C–N with tert-alkyl or cyclic N) is 1. The molecule has 4 nitrogen and oxygen atoms in total. The van der Waals surface area contributed by atoms with Gasteiger partial charge in [0.1, 0.15) is 0 Å². The molecular formula is C13H16N2O2S. The van der Waals surface area contributed by atoms with Gasteiger partial charge in [0, 0.05) is 13.1 Å². The van der Waals surface area contributed by atoms with E-state index in [0.29, 0.717) is 18.0 Å². The first kappa shape index (κ1) is 13.1. The average molecular weight is 264 g/mol. The summed E-state index contributed by atoms with van der Waals surface area (Å²) in [4.78, 5) is 15.4. The second-order valence-electron chi connectivity index (χ2n) is 4.22. The lowest BCUT2D eigenvalue weighted by atomic mass is 10.1. The van der Waals surface area contributed by atoms with E-state index in [0.717, 1.165) is 24.3 Å². The largest absolute Gasteiger partial charge is 0.391 e. The molecule has 0 saturated carbocycles. The summed E-state index contributed by atoms with van der Waals surface area (Å²) in [5.41, 5.74) is 5.30. The molecule has 1 amide bonds. The zero-order chi connectivity index (χ0) is 13.0. The number of carbonyl (C=O) groups excluding carboxylic acids is 1. The maximum atomic E-state index is 12.2. The summed E-state index contributed by atoms with van der Waals surface area (Å²) in [6.07, 6.45) is 1.25. The summed E-state index contributed by atoms with van der Waals surface area (Å²) in [7, 11) is 0. The average Bonchev–Trinajstić information content (AvgIpc) is 2.84. The molecule has 1 aromatic heterocycles. The minimum absolute atomic E-state index is 0.0143. The number of likely N-dealkylation sites (tertiary alicyclic amines) is 1. The normalized spacial score (nSPS) is 19.2. The Morgan fingerprint density at radius 2 is 2.44 bits per heavy atom. The van der Waals surface area contributed by atoms with Gasteiger partial charge in [-0.15, -0.1) is 11.3 Å². The Bertz CT molecular complexity index is 487. The molecule has 0 radical (unpaired) electrons. The molecule has 5 heteroatoms. The van der Waals surface area contributed by atoms with Gasteiger partial charge in [0.05, 0.1) is 22.4 Å². The van der Waals surface area contributed by atoms with Gasteiger partial charge in [-0.05, 0) is 25.0 Å². The summed E-state index contributed by atoms with van der Waals surface area (Å²) in [6, 6.07) is 3.62. The van der Waals surface area contributed by atoms with Gasteiger partial charge < -0.3 is 15.7 Å². The van der Waals surface area contributed by atoms with Crippen molar-refractivity contribution in [2.24, 2.45) is 5.73 Å². The molecule has 3 N–H and O–H groups in total. The van der Waals surface area contributed by atoms with Crippen molar-refractivity contribution in [2.45, 2.75) is 18.9 Å². The SMILES string of the molecule is NCC#Cc1ccc(C(=O)N2CCCC(O)C2)s1. The minimum Gasteiger partial charge on any atom is -0.391 e. The van der Waals surface area contributed by atoms with Gasteiger partial charge in [-0.1, -0.05) is 11.8 Å². The van der Waals surface area contributed by atoms with Crippen molar-refractivity contribution >= 4 is 17.2 Å². The van der Waals surface area contributed by atoms with Crippen LogP contribution in [0, 0.1) is 11.8 Å². The molecule has 0 aromatic carbocycles.